The lowest BCUT2D eigenvalue weighted by atomic mass is 10.2. The maximum absolute atomic E-state index is 11.0. The van der Waals surface area contributed by atoms with Crippen LogP contribution in [0.2, 0.25) is 5.02 Å². The highest BCUT2D eigenvalue weighted by Gasteiger charge is 2.12. The first-order valence-electron chi connectivity index (χ1n) is 5.59. The number of carbonyl (C=O) groups is 1. The van der Waals surface area contributed by atoms with Crippen molar-refractivity contribution >= 4 is 17.6 Å². The Kier molecular flexibility index (Phi) is 3.87. The smallest absolute Gasteiger partial charge is 0.337 e. The Morgan fingerprint density at radius 1 is 1.40 bits per heavy atom. The molecule has 0 amide bonds. The van der Waals surface area contributed by atoms with Gasteiger partial charge in [0.15, 0.2) is 0 Å². The second-order valence-electron chi connectivity index (χ2n) is 3.97. The number of aryl methyl sites for hydroxylation is 1. The molecule has 1 aromatic heterocycles. The molecule has 1 N–H and O–H groups in total. The number of hydrogen-bond acceptors (Lipinski definition) is 4. The van der Waals surface area contributed by atoms with Gasteiger partial charge in [-0.05, 0) is 37.3 Å². The highest BCUT2D eigenvalue weighted by Crippen LogP contribution is 2.27. The number of ether oxygens (including phenoxy) is 1. The van der Waals surface area contributed by atoms with Crippen LogP contribution in [0.25, 0.3) is 0 Å². The van der Waals surface area contributed by atoms with Crippen molar-refractivity contribution < 1.29 is 14.6 Å². The summed E-state index contributed by atoms with van der Waals surface area (Å²) in [6.45, 7) is 1.76. The van der Waals surface area contributed by atoms with Gasteiger partial charge in [-0.15, -0.1) is 0 Å². The van der Waals surface area contributed by atoms with Crippen LogP contribution >= 0.6 is 11.6 Å². The second kappa shape index (κ2) is 5.59. The third kappa shape index (κ3) is 2.87. The molecule has 0 radical (unpaired) electrons. The lowest BCUT2D eigenvalue weighted by molar-refractivity contribution is 0.0696. The maximum atomic E-state index is 11.0. The van der Waals surface area contributed by atoms with Crippen LogP contribution in [0.3, 0.4) is 0 Å². The second-order valence-corrected chi connectivity index (χ2v) is 4.37. The number of nitrogens with zero attached hydrogens (tertiary/aromatic N) is 2. The van der Waals surface area contributed by atoms with Crippen molar-refractivity contribution in [1.29, 1.82) is 5.26 Å². The molecule has 0 atom stereocenters. The summed E-state index contributed by atoms with van der Waals surface area (Å²) in [5, 5.41) is 18.1. The van der Waals surface area contributed by atoms with Gasteiger partial charge in [-0.1, -0.05) is 11.6 Å². The van der Waals surface area contributed by atoms with Crippen molar-refractivity contribution in [2.24, 2.45) is 0 Å². The third-order valence-corrected chi connectivity index (χ3v) is 2.83. The molecule has 6 heteroatoms. The van der Waals surface area contributed by atoms with Gasteiger partial charge in [0.1, 0.15) is 17.4 Å². The van der Waals surface area contributed by atoms with Crippen molar-refractivity contribution in [3.8, 4) is 17.7 Å². The molecule has 2 aromatic rings. The summed E-state index contributed by atoms with van der Waals surface area (Å²) < 4.78 is 5.47. The summed E-state index contributed by atoms with van der Waals surface area (Å²) in [4.78, 5) is 15.1. The molecular formula is C14H9ClN2O3. The summed E-state index contributed by atoms with van der Waals surface area (Å²) in [7, 11) is 0. The molecule has 0 bridgehead atoms. The molecule has 0 saturated heterocycles. The van der Waals surface area contributed by atoms with Crippen molar-refractivity contribution in [3.05, 3.63) is 52.2 Å². The minimum absolute atomic E-state index is 0.0738. The fourth-order valence-electron chi connectivity index (χ4n) is 1.54. The number of aromatic carboxylic acids is 1. The number of pyridine rings is 1. The molecule has 0 fully saturated rings. The average molecular weight is 289 g/mol. The van der Waals surface area contributed by atoms with Gasteiger partial charge in [-0.3, -0.25) is 0 Å². The third-order valence-electron chi connectivity index (χ3n) is 2.50. The molecule has 20 heavy (non-hydrogen) atoms. The van der Waals surface area contributed by atoms with Gasteiger partial charge in [0.05, 0.1) is 10.6 Å². The van der Waals surface area contributed by atoms with E-state index < -0.39 is 5.97 Å². The highest BCUT2D eigenvalue weighted by molar-refractivity contribution is 6.33. The number of rotatable bonds is 3. The molecule has 0 saturated carbocycles. The normalized spacial score (nSPS) is 9.85. The summed E-state index contributed by atoms with van der Waals surface area (Å²) in [6, 6.07) is 9.46. The zero-order chi connectivity index (χ0) is 14.7. The van der Waals surface area contributed by atoms with Gasteiger partial charge in [0, 0.05) is 5.69 Å². The largest absolute Gasteiger partial charge is 0.478 e. The van der Waals surface area contributed by atoms with E-state index in [0.29, 0.717) is 5.69 Å². The number of halogens is 1. The van der Waals surface area contributed by atoms with Crippen molar-refractivity contribution in [3.63, 3.8) is 0 Å². The first kappa shape index (κ1) is 13.8. The van der Waals surface area contributed by atoms with Crippen molar-refractivity contribution in [1.82, 2.24) is 4.98 Å². The zero-order valence-corrected chi connectivity index (χ0v) is 11.2. The quantitative estimate of drug-likeness (QED) is 0.935. The molecule has 1 heterocycles. The standard InChI is InChI=1S/C14H9ClN2O3/c1-8-2-3-9(7-16)13(17-8)20-10-4-5-12(15)11(6-10)14(18)19/h2-6H,1H3,(H,18,19). The van der Waals surface area contributed by atoms with Gasteiger partial charge < -0.3 is 9.84 Å². The SMILES string of the molecule is Cc1ccc(C#N)c(Oc2ccc(Cl)c(C(=O)O)c2)n1. The molecule has 5 nitrogen and oxygen atoms in total. The van der Waals surface area contributed by atoms with Crippen LogP contribution in [0.5, 0.6) is 11.6 Å². The molecule has 0 spiro atoms. The highest BCUT2D eigenvalue weighted by atomic mass is 35.5. The van der Waals surface area contributed by atoms with E-state index in [4.69, 9.17) is 26.7 Å². The minimum Gasteiger partial charge on any atom is -0.478 e. The molecule has 2 rings (SSSR count). The molecule has 0 aliphatic carbocycles. The number of aromatic nitrogens is 1. The number of nitriles is 1. The van der Waals surface area contributed by atoms with Crippen LogP contribution in [0, 0.1) is 18.3 Å². The predicted octanol–water partition coefficient (Wildman–Crippen LogP) is 3.41. The van der Waals surface area contributed by atoms with E-state index in [1.165, 1.54) is 18.2 Å². The van der Waals surface area contributed by atoms with E-state index in [1.54, 1.807) is 19.1 Å². The summed E-state index contributed by atoms with van der Waals surface area (Å²) in [5.41, 5.74) is 0.879. The summed E-state index contributed by atoms with van der Waals surface area (Å²) in [5.74, 6) is -0.772. The Morgan fingerprint density at radius 2 is 2.15 bits per heavy atom. The maximum Gasteiger partial charge on any atom is 0.337 e. The van der Waals surface area contributed by atoms with Gasteiger partial charge in [-0.25, -0.2) is 9.78 Å². The number of benzene rings is 1. The Labute approximate surface area is 120 Å². The van der Waals surface area contributed by atoms with Crippen LogP contribution in [0.15, 0.2) is 30.3 Å². The Morgan fingerprint density at radius 3 is 2.80 bits per heavy atom. The first-order valence-corrected chi connectivity index (χ1v) is 5.97. The predicted molar refractivity (Wildman–Crippen MR) is 72.2 cm³/mol. The van der Waals surface area contributed by atoms with Gasteiger partial charge >= 0.3 is 5.97 Å². The topological polar surface area (TPSA) is 83.2 Å². The fraction of sp³-hybridized carbons (Fsp3) is 0.0714. The average Bonchev–Trinajstić information content (AvgIpc) is 2.41. The van der Waals surface area contributed by atoms with Crippen molar-refractivity contribution in [2.45, 2.75) is 6.92 Å². The summed E-state index contributed by atoms with van der Waals surface area (Å²) in [6.07, 6.45) is 0. The van der Waals surface area contributed by atoms with Crippen LogP contribution < -0.4 is 4.74 Å². The van der Waals surface area contributed by atoms with E-state index in [-0.39, 0.29) is 27.8 Å². The van der Waals surface area contributed by atoms with Crippen LogP contribution in [-0.2, 0) is 0 Å². The molecule has 1 aromatic carbocycles. The van der Waals surface area contributed by atoms with E-state index in [2.05, 4.69) is 4.98 Å². The van der Waals surface area contributed by atoms with Gasteiger partial charge in [0.25, 0.3) is 0 Å². The van der Waals surface area contributed by atoms with Crippen LogP contribution in [0.1, 0.15) is 21.6 Å². The van der Waals surface area contributed by atoms with Crippen LogP contribution in [0.4, 0.5) is 0 Å². The van der Waals surface area contributed by atoms with E-state index in [1.807, 2.05) is 6.07 Å². The summed E-state index contributed by atoms with van der Waals surface area (Å²) >= 11 is 5.77. The minimum atomic E-state index is -1.15. The van der Waals surface area contributed by atoms with E-state index in [0.717, 1.165) is 0 Å². The molecule has 0 aliphatic rings. The first-order chi connectivity index (χ1) is 9.51. The molecule has 100 valence electrons. The Hall–Kier alpha value is -2.58. The molecular weight excluding hydrogens is 280 g/mol. The lowest BCUT2D eigenvalue weighted by Crippen LogP contribution is -1.99. The number of carboxylic acids is 1. The van der Waals surface area contributed by atoms with Crippen molar-refractivity contribution in [2.75, 3.05) is 0 Å². The van der Waals surface area contributed by atoms with E-state index in [9.17, 15) is 4.79 Å². The van der Waals surface area contributed by atoms with Gasteiger partial charge in [-0.2, -0.15) is 5.26 Å². The molecule has 0 unspecified atom stereocenters. The Balaban J connectivity index is 2.40. The monoisotopic (exact) mass is 288 g/mol. The Bertz CT molecular complexity index is 723. The van der Waals surface area contributed by atoms with Gasteiger partial charge in [0.2, 0.25) is 5.88 Å². The van der Waals surface area contributed by atoms with Crippen LogP contribution in [-0.4, -0.2) is 16.1 Å². The number of hydrogen-bond donors (Lipinski definition) is 1. The fourth-order valence-corrected chi connectivity index (χ4v) is 1.74. The number of carboxylic acid groups (broad SMARTS) is 1. The zero-order valence-electron chi connectivity index (χ0n) is 10.4. The lowest BCUT2D eigenvalue weighted by Gasteiger charge is -2.08. The molecule has 0 aliphatic heterocycles. The van der Waals surface area contributed by atoms with E-state index >= 15 is 0 Å².